The lowest BCUT2D eigenvalue weighted by atomic mass is 9.83. The van der Waals surface area contributed by atoms with E-state index < -0.39 is 0 Å². The summed E-state index contributed by atoms with van der Waals surface area (Å²) in [7, 11) is 0. The summed E-state index contributed by atoms with van der Waals surface area (Å²) >= 11 is 0. The molecule has 182 valence electrons. The maximum Gasteiger partial charge on any atom is 0.254 e. The Bertz CT molecular complexity index is 1190. The summed E-state index contributed by atoms with van der Waals surface area (Å²) in [6.45, 7) is 11.1. The number of aryl methyl sites for hydroxylation is 2. The van der Waals surface area contributed by atoms with Crippen LogP contribution >= 0.6 is 0 Å². The van der Waals surface area contributed by atoms with Crippen LogP contribution in [0.3, 0.4) is 0 Å². The zero-order valence-electron chi connectivity index (χ0n) is 21.5. The zero-order chi connectivity index (χ0) is 25.2. The average Bonchev–Trinajstić information content (AvgIpc) is 2.83. The number of likely N-dealkylation sites (tertiary alicyclic amines) is 1. The van der Waals surface area contributed by atoms with Crippen molar-refractivity contribution >= 4 is 17.5 Å². The molecule has 0 aliphatic carbocycles. The second-order valence-corrected chi connectivity index (χ2v) is 10.7. The van der Waals surface area contributed by atoms with Gasteiger partial charge in [-0.2, -0.15) is 0 Å². The van der Waals surface area contributed by atoms with Crippen LogP contribution < -0.4 is 5.32 Å². The van der Waals surface area contributed by atoms with E-state index in [9.17, 15) is 9.59 Å². The molecule has 4 heteroatoms. The van der Waals surface area contributed by atoms with E-state index in [4.69, 9.17) is 0 Å². The van der Waals surface area contributed by atoms with E-state index in [1.165, 1.54) is 5.56 Å². The van der Waals surface area contributed by atoms with Gasteiger partial charge in [-0.05, 0) is 66.5 Å². The fraction of sp³-hybridized carbons (Fsp3) is 0.355. The predicted molar refractivity (Wildman–Crippen MR) is 143 cm³/mol. The van der Waals surface area contributed by atoms with Crippen molar-refractivity contribution in [2.24, 2.45) is 5.92 Å². The Kier molecular flexibility index (Phi) is 7.11. The number of nitrogens with zero attached hydrogens (tertiary/aromatic N) is 1. The maximum absolute atomic E-state index is 13.9. The van der Waals surface area contributed by atoms with Crippen LogP contribution in [0.1, 0.15) is 72.3 Å². The van der Waals surface area contributed by atoms with Crippen molar-refractivity contribution in [3.05, 3.63) is 101 Å². The number of hydrogen-bond donors (Lipinski definition) is 1. The first-order valence-electron chi connectivity index (χ1n) is 12.5. The minimum Gasteiger partial charge on any atom is -0.331 e. The van der Waals surface area contributed by atoms with Gasteiger partial charge < -0.3 is 10.2 Å². The van der Waals surface area contributed by atoms with Crippen LogP contribution in [0.4, 0.5) is 5.69 Å². The number of nitrogens with one attached hydrogen (secondary N) is 1. The Balaban J connectivity index is 1.68. The van der Waals surface area contributed by atoms with Crippen molar-refractivity contribution in [3.63, 3.8) is 0 Å². The van der Waals surface area contributed by atoms with E-state index in [2.05, 4.69) is 38.2 Å². The van der Waals surface area contributed by atoms with Crippen LogP contribution in [0.5, 0.6) is 0 Å². The van der Waals surface area contributed by atoms with E-state index in [0.29, 0.717) is 6.54 Å². The highest BCUT2D eigenvalue weighted by atomic mass is 16.2. The zero-order valence-corrected chi connectivity index (χ0v) is 21.5. The van der Waals surface area contributed by atoms with Gasteiger partial charge in [0.25, 0.3) is 5.91 Å². The number of benzene rings is 3. The van der Waals surface area contributed by atoms with Gasteiger partial charge in [0, 0.05) is 17.8 Å². The van der Waals surface area contributed by atoms with Gasteiger partial charge >= 0.3 is 0 Å². The summed E-state index contributed by atoms with van der Waals surface area (Å²) in [6, 6.07) is 23.7. The molecule has 1 heterocycles. The fourth-order valence-corrected chi connectivity index (χ4v) is 5.15. The van der Waals surface area contributed by atoms with E-state index >= 15 is 0 Å². The molecule has 1 aliphatic heterocycles. The molecule has 4 nitrogen and oxygen atoms in total. The van der Waals surface area contributed by atoms with Crippen LogP contribution in [-0.2, 0) is 10.2 Å². The first-order chi connectivity index (χ1) is 16.7. The number of carbonyl (C=O) groups is 2. The summed E-state index contributed by atoms with van der Waals surface area (Å²) < 4.78 is 0. The van der Waals surface area contributed by atoms with Crippen molar-refractivity contribution < 1.29 is 9.59 Å². The van der Waals surface area contributed by atoms with Gasteiger partial charge in [-0.15, -0.1) is 0 Å². The van der Waals surface area contributed by atoms with E-state index in [0.717, 1.165) is 40.8 Å². The standard InChI is InChI=1S/C31H36N2O2/c1-21-12-9-13-22(2)27(21)30(35)33-19-11-18-26(28(33)23-14-7-6-8-15-23)29(34)32-25-17-10-16-24(20-25)31(3,4)5/h6-10,12-17,20,26,28H,11,18-19H2,1-5H3,(H,32,34)/t26-,28?/m0/s1. The number of amides is 2. The number of anilines is 1. The second-order valence-electron chi connectivity index (χ2n) is 10.7. The van der Waals surface area contributed by atoms with Gasteiger partial charge in [-0.25, -0.2) is 0 Å². The topological polar surface area (TPSA) is 49.4 Å². The summed E-state index contributed by atoms with van der Waals surface area (Å²) in [5.41, 5.74) is 5.63. The van der Waals surface area contributed by atoms with Crippen LogP contribution in [0.15, 0.2) is 72.8 Å². The molecule has 3 aromatic rings. The van der Waals surface area contributed by atoms with Crippen molar-refractivity contribution in [1.29, 1.82) is 0 Å². The average molecular weight is 469 g/mol. The predicted octanol–water partition coefficient (Wildman–Crippen LogP) is 6.83. The Morgan fingerprint density at radius 3 is 2.20 bits per heavy atom. The molecule has 2 amide bonds. The molecule has 4 rings (SSSR count). The molecule has 0 radical (unpaired) electrons. The van der Waals surface area contributed by atoms with Crippen molar-refractivity contribution in [2.45, 2.75) is 58.9 Å². The quantitative estimate of drug-likeness (QED) is 0.456. The fourth-order valence-electron chi connectivity index (χ4n) is 5.15. The molecule has 1 N–H and O–H groups in total. The van der Waals surface area contributed by atoms with Crippen LogP contribution in [0.2, 0.25) is 0 Å². The minimum atomic E-state index is -0.335. The first-order valence-corrected chi connectivity index (χ1v) is 12.5. The lowest BCUT2D eigenvalue weighted by molar-refractivity contribution is -0.123. The molecule has 0 bridgehead atoms. The molecule has 0 aromatic heterocycles. The summed E-state index contributed by atoms with van der Waals surface area (Å²) in [5, 5.41) is 3.17. The van der Waals surface area contributed by atoms with E-state index in [1.54, 1.807) is 0 Å². The minimum absolute atomic E-state index is 0.00156. The third-order valence-electron chi connectivity index (χ3n) is 7.06. The Labute approximate surface area is 209 Å². The SMILES string of the molecule is Cc1cccc(C)c1C(=O)N1CCC[C@H](C(=O)Nc2cccc(C(C)(C)C)c2)C1c1ccccc1. The highest BCUT2D eigenvalue weighted by molar-refractivity contribution is 5.99. The molecule has 0 saturated carbocycles. The molecule has 3 aromatic carbocycles. The second kappa shape index (κ2) is 10.1. The summed E-state index contributed by atoms with van der Waals surface area (Å²) in [5.74, 6) is -0.372. The van der Waals surface area contributed by atoms with Crippen molar-refractivity contribution in [2.75, 3.05) is 11.9 Å². The highest BCUT2D eigenvalue weighted by Crippen LogP contribution is 2.38. The van der Waals surface area contributed by atoms with Crippen LogP contribution in [-0.4, -0.2) is 23.3 Å². The third-order valence-corrected chi connectivity index (χ3v) is 7.06. The Morgan fingerprint density at radius 2 is 1.54 bits per heavy atom. The lowest BCUT2D eigenvalue weighted by Gasteiger charge is -2.41. The van der Waals surface area contributed by atoms with Gasteiger partial charge in [0.2, 0.25) is 5.91 Å². The first kappa shape index (κ1) is 24.7. The molecule has 35 heavy (non-hydrogen) atoms. The van der Waals surface area contributed by atoms with Crippen LogP contribution in [0, 0.1) is 19.8 Å². The van der Waals surface area contributed by atoms with Crippen molar-refractivity contribution in [3.8, 4) is 0 Å². The normalized spacial score (nSPS) is 18.3. The van der Waals surface area contributed by atoms with Gasteiger partial charge in [-0.3, -0.25) is 9.59 Å². The molecule has 2 atom stereocenters. The summed E-state index contributed by atoms with van der Waals surface area (Å²) in [4.78, 5) is 29.5. The molecule has 0 spiro atoms. The van der Waals surface area contributed by atoms with E-state index in [-0.39, 0.29) is 29.2 Å². The number of piperidine rings is 1. The monoisotopic (exact) mass is 468 g/mol. The van der Waals surface area contributed by atoms with Gasteiger partial charge in [-0.1, -0.05) is 81.4 Å². The van der Waals surface area contributed by atoms with Crippen molar-refractivity contribution in [1.82, 2.24) is 4.90 Å². The number of rotatable bonds is 4. The molecule has 1 saturated heterocycles. The molecular weight excluding hydrogens is 432 g/mol. The largest absolute Gasteiger partial charge is 0.331 e. The molecular formula is C31H36N2O2. The smallest absolute Gasteiger partial charge is 0.254 e. The molecule has 1 unspecified atom stereocenters. The number of carbonyl (C=O) groups excluding carboxylic acids is 2. The van der Waals surface area contributed by atoms with Gasteiger partial charge in [0.1, 0.15) is 0 Å². The van der Waals surface area contributed by atoms with Gasteiger partial charge in [0.15, 0.2) is 0 Å². The Hall–Kier alpha value is -3.40. The number of hydrogen-bond acceptors (Lipinski definition) is 2. The van der Waals surface area contributed by atoms with Crippen LogP contribution in [0.25, 0.3) is 0 Å². The third kappa shape index (κ3) is 5.32. The highest BCUT2D eigenvalue weighted by Gasteiger charge is 2.40. The summed E-state index contributed by atoms with van der Waals surface area (Å²) in [6.07, 6.45) is 1.53. The maximum atomic E-state index is 13.9. The van der Waals surface area contributed by atoms with Gasteiger partial charge in [0.05, 0.1) is 12.0 Å². The lowest BCUT2D eigenvalue weighted by Crippen LogP contribution is -2.46. The molecule has 1 aliphatic rings. The van der Waals surface area contributed by atoms with E-state index in [1.807, 2.05) is 79.4 Å². The molecule has 1 fully saturated rings. The Morgan fingerprint density at radius 1 is 0.886 bits per heavy atom.